The van der Waals surface area contributed by atoms with Crippen molar-refractivity contribution in [2.24, 2.45) is 5.73 Å². The van der Waals surface area contributed by atoms with Crippen LogP contribution in [0.1, 0.15) is 30.7 Å². The van der Waals surface area contributed by atoms with Crippen molar-refractivity contribution in [2.45, 2.75) is 25.2 Å². The Morgan fingerprint density at radius 3 is 2.57 bits per heavy atom. The minimum absolute atomic E-state index is 0.00796. The SMILES string of the molecule is N#CC1=C(N)N(c2nc(-c3ccc(F)cc3)cs2)C2=C(C(=O)CCC2)C1c1cn(-c2ccccc2)nc1-c1cccs1. The third kappa shape index (κ3) is 4.34. The van der Waals surface area contributed by atoms with Crippen LogP contribution in [-0.4, -0.2) is 20.5 Å². The van der Waals surface area contributed by atoms with Crippen LogP contribution in [0.15, 0.2) is 106 Å². The Labute approximate surface area is 249 Å². The maximum Gasteiger partial charge on any atom is 0.195 e. The highest BCUT2D eigenvalue weighted by molar-refractivity contribution is 7.14. The number of aromatic nitrogens is 3. The predicted molar refractivity (Wildman–Crippen MR) is 162 cm³/mol. The standard InChI is InChI=1S/C32H23FN6OS2/c33-20-13-11-19(12-14-20)24-18-42-32(36-24)39-25-8-4-9-26(40)29(25)28(22(16-34)31(39)35)23-17-38(21-6-2-1-3-7-21)37-30(23)27-10-5-15-41-27/h1-3,5-7,10-15,17-18,28H,4,8-9,35H2. The molecular formula is C32H23FN6OS2. The molecule has 2 aromatic carbocycles. The maximum atomic E-state index is 13.8. The minimum Gasteiger partial charge on any atom is -0.384 e. The monoisotopic (exact) mass is 590 g/mol. The number of carbonyl (C=O) groups excluding carboxylic acids is 1. The Morgan fingerprint density at radius 1 is 1.02 bits per heavy atom. The van der Waals surface area contributed by atoms with Gasteiger partial charge >= 0.3 is 0 Å². The first-order valence-electron chi connectivity index (χ1n) is 13.4. The smallest absolute Gasteiger partial charge is 0.195 e. The molecule has 42 heavy (non-hydrogen) atoms. The van der Waals surface area contributed by atoms with Crippen molar-refractivity contribution in [3.63, 3.8) is 0 Å². The Hall–Kier alpha value is -4.85. The molecule has 1 aliphatic heterocycles. The van der Waals surface area contributed by atoms with Crippen molar-refractivity contribution in [1.29, 1.82) is 5.26 Å². The number of nitrogens with zero attached hydrogens (tertiary/aromatic N) is 5. The number of para-hydroxylation sites is 1. The molecule has 0 fully saturated rings. The van der Waals surface area contributed by atoms with E-state index in [1.807, 2.05) is 59.4 Å². The zero-order valence-corrected chi connectivity index (χ0v) is 23.8. The van der Waals surface area contributed by atoms with Crippen LogP contribution < -0.4 is 10.6 Å². The summed E-state index contributed by atoms with van der Waals surface area (Å²) in [7, 11) is 0. The van der Waals surface area contributed by atoms with E-state index < -0.39 is 5.92 Å². The van der Waals surface area contributed by atoms with Gasteiger partial charge < -0.3 is 5.73 Å². The topological polar surface area (TPSA) is 101 Å². The lowest BCUT2D eigenvalue weighted by Crippen LogP contribution is -2.38. The van der Waals surface area contributed by atoms with Gasteiger partial charge in [0, 0.05) is 40.4 Å². The molecule has 206 valence electrons. The van der Waals surface area contributed by atoms with Crippen LogP contribution in [0.2, 0.25) is 0 Å². The van der Waals surface area contributed by atoms with Crippen LogP contribution >= 0.6 is 22.7 Å². The van der Waals surface area contributed by atoms with Gasteiger partial charge in [-0.25, -0.2) is 14.1 Å². The van der Waals surface area contributed by atoms with Crippen LogP contribution in [-0.2, 0) is 4.79 Å². The number of allylic oxidation sites excluding steroid dienone is 3. The molecular weight excluding hydrogens is 568 g/mol. The zero-order chi connectivity index (χ0) is 28.8. The summed E-state index contributed by atoms with van der Waals surface area (Å²) < 4.78 is 15.3. The van der Waals surface area contributed by atoms with Crippen molar-refractivity contribution in [1.82, 2.24) is 14.8 Å². The number of thiazole rings is 1. The number of carbonyl (C=O) groups is 1. The maximum absolute atomic E-state index is 13.8. The molecule has 7 nitrogen and oxygen atoms in total. The molecule has 0 radical (unpaired) electrons. The Bertz CT molecular complexity index is 1910. The first kappa shape index (κ1) is 26.1. The van der Waals surface area contributed by atoms with Gasteiger partial charge in [-0.15, -0.1) is 22.7 Å². The van der Waals surface area contributed by atoms with E-state index in [1.54, 1.807) is 33.1 Å². The molecule has 5 aromatic rings. The van der Waals surface area contributed by atoms with Gasteiger partial charge in [0.1, 0.15) is 17.3 Å². The molecule has 2 aliphatic rings. The van der Waals surface area contributed by atoms with Gasteiger partial charge in [-0.1, -0.05) is 24.3 Å². The molecule has 7 rings (SSSR count). The first-order chi connectivity index (χ1) is 20.5. The normalized spacial score (nSPS) is 17.0. The lowest BCUT2D eigenvalue weighted by Gasteiger charge is -2.38. The number of nitrogens with two attached hydrogens (primary N) is 1. The fourth-order valence-electron chi connectivity index (χ4n) is 5.65. The lowest BCUT2D eigenvalue weighted by atomic mass is 9.75. The molecule has 2 N–H and O–H groups in total. The second-order valence-electron chi connectivity index (χ2n) is 10.0. The van der Waals surface area contributed by atoms with E-state index in [0.717, 1.165) is 27.4 Å². The molecule has 0 saturated heterocycles. The molecule has 1 unspecified atom stereocenters. The summed E-state index contributed by atoms with van der Waals surface area (Å²) in [5.41, 5.74) is 12.2. The number of rotatable bonds is 5. The molecule has 1 aliphatic carbocycles. The second-order valence-corrected chi connectivity index (χ2v) is 11.8. The van der Waals surface area contributed by atoms with Crippen molar-refractivity contribution >= 4 is 33.6 Å². The number of thiophene rings is 1. The van der Waals surface area contributed by atoms with Crippen LogP contribution in [0.3, 0.4) is 0 Å². The largest absolute Gasteiger partial charge is 0.384 e. The first-order valence-corrected chi connectivity index (χ1v) is 15.2. The summed E-state index contributed by atoms with van der Waals surface area (Å²) in [6.07, 6.45) is 3.59. The molecule has 4 heterocycles. The summed E-state index contributed by atoms with van der Waals surface area (Å²) in [4.78, 5) is 21.3. The van der Waals surface area contributed by atoms with E-state index in [1.165, 1.54) is 23.5 Å². The summed E-state index contributed by atoms with van der Waals surface area (Å²) in [6, 6.07) is 22.2. The Morgan fingerprint density at radius 2 is 1.83 bits per heavy atom. The summed E-state index contributed by atoms with van der Waals surface area (Å²) in [5, 5.41) is 19.9. The summed E-state index contributed by atoms with van der Waals surface area (Å²) in [6.45, 7) is 0. The molecule has 0 saturated carbocycles. The summed E-state index contributed by atoms with van der Waals surface area (Å²) >= 11 is 2.92. The van der Waals surface area contributed by atoms with Crippen molar-refractivity contribution in [3.05, 3.63) is 118 Å². The quantitative estimate of drug-likeness (QED) is 0.233. The number of nitriles is 1. The second kappa shape index (κ2) is 10.5. The Kier molecular flexibility index (Phi) is 6.53. The number of halogens is 1. The number of Topliss-reactive ketones (excluding diaryl/α,β-unsaturated/α-hetero) is 1. The minimum atomic E-state index is -0.667. The third-order valence-corrected chi connectivity index (χ3v) is 9.27. The van der Waals surface area contributed by atoms with Gasteiger partial charge in [-0.2, -0.15) is 10.4 Å². The van der Waals surface area contributed by atoms with E-state index in [0.29, 0.717) is 41.4 Å². The van der Waals surface area contributed by atoms with Gasteiger partial charge in [0.15, 0.2) is 10.9 Å². The van der Waals surface area contributed by atoms with E-state index >= 15 is 0 Å². The fourth-order valence-corrected chi connectivity index (χ4v) is 7.25. The highest BCUT2D eigenvalue weighted by Crippen LogP contribution is 2.49. The van der Waals surface area contributed by atoms with Gasteiger partial charge in [0.05, 0.1) is 33.8 Å². The zero-order valence-electron chi connectivity index (χ0n) is 22.2. The molecule has 0 spiro atoms. The van der Waals surface area contributed by atoms with Crippen LogP contribution in [0.5, 0.6) is 0 Å². The summed E-state index contributed by atoms with van der Waals surface area (Å²) in [5.74, 6) is -0.748. The van der Waals surface area contributed by atoms with Crippen LogP contribution in [0.4, 0.5) is 9.52 Å². The highest BCUT2D eigenvalue weighted by Gasteiger charge is 2.43. The van der Waals surface area contributed by atoms with E-state index in [4.69, 9.17) is 15.8 Å². The number of hydrogen-bond acceptors (Lipinski definition) is 8. The van der Waals surface area contributed by atoms with Crippen LogP contribution in [0, 0.1) is 17.1 Å². The molecule has 1 atom stereocenters. The molecule has 0 amide bonds. The lowest BCUT2D eigenvalue weighted by molar-refractivity contribution is -0.116. The number of anilines is 1. The highest BCUT2D eigenvalue weighted by atomic mass is 32.1. The van der Waals surface area contributed by atoms with Gasteiger partial charge in [0.2, 0.25) is 0 Å². The van der Waals surface area contributed by atoms with Gasteiger partial charge in [-0.3, -0.25) is 9.69 Å². The number of benzene rings is 2. The molecule has 10 heteroatoms. The molecule has 3 aromatic heterocycles. The van der Waals surface area contributed by atoms with Gasteiger partial charge in [-0.05, 0) is 60.7 Å². The number of hydrogen-bond donors (Lipinski definition) is 1. The number of ketones is 1. The third-order valence-electron chi connectivity index (χ3n) is 7.57. The fraction of sp³-hybridized carbons (Fsp3) is 0.125. The molecule has 0 bridgehead atoms. The van der Waals surface area contributed by atoms with Crippen molar-refractivity contribution < 1.29 is 9.18 Å². The van der Waals surface area contributed by atoms with E-state index in [2.05, 4.69) is 6.07 Å². The van der Waals surface area contributed by atoms with Crippen molar-refractivity contribution in [3.8, 4) is 33.6 Å². The van der Waals surface area contributed by atoms with E-state index in [-0.39, 0.29) is 23.0 Å². The van der Waals surface area contributed by atoms with Gasteiger partial charge in [0.25, 0.3) is 0 Å². The van der Waals surface area contributed by atoms with E-state index in [9.17, 15) is 14.4 Å². The average molecular weight is 591 g/mol. The van der Waals surface area contributed by atoms with Crippen LogP contribution in [0.25, 0.3) is 27.5 Å². The Balaban J connectivity index is 1.41. The van der Waals surface area contributed by atoms with Crippen molar-refractivity contribution in [2.75, 3.05) is 4.90 Å². The average Bonchev–Trinajstić information content (AvgIpc) is 3.79. The predicted octanol–water partition coefficient (Wildman–Crippen LogP) is 7.17.